The summed E-state index contributed by atoms with van der Waals surface area (Å²) in [5, 5.41) is -2.58. The topological polar surface area (TPSA) is 20.3 Å². The number of halogens is 5. The number of amides is 1. The van der Waals surface area contributed by atoms with E-state index < -0.39 is 39.2 Å². The highest BCUT2D eigenvalue weighted by Gasteiger charge is 2.23. The Hall–Kier alpha value is -1.30. The molecule has 0 atom stereocenters. The standard InChI is InChI=1S/C8H4ClF4NO/c1-3-4(10)2-5(7(12)6(3)11)14(13)8(9)15/h2H,1H3. The first-order valence-electron chi connectivity index (χ1n) is 3.65. The summed E-state index contributed by atoms with van der Waals surface area (Å²) >= 11 is 4.68. The highest BCUT2D eigenvalue weighted by molar-refractivity contribution is 6.65. The van der Waals surface area contributed by atoms with Gasteiger partial charge < -0.3 is 0 Å². The molecule has 0 unspecified atom stereocenters. The zero-order chi connectivity index (χ0) is 11.7. The number of rotatable bonds is 1. The molecule has 0 spiro atoms. The largest absolute Gasteiger partial charge is 0.349 e. The van der Waals surface area contributed by atoms with Crippen molar-refractivity contribution in [3.63, 3.8) is 0 Å². The van der Waals surface area contributed by atoms with E-state index in [0.717, 1.165) is 6.92 Å². The molecule has 0 heterocycles. The fourth-order valence-electron chi connectivity index (χ4n) is 0.911. The Morgan fingerprint density at radius 2 is 1.87 bits per heavy atom. The molecule has 0 bridgehead atoms. The fourth-order valence-corrected chi connectivity index (χ4v) is 1.00. The van der Waals surface area contributed by atoms with Crippen LogP contribution in [-0.4, -0.2) is 5.37 Å². The molecule has 0 saturated heterocycles. The van der Waals surface area contributed by atoms with Gasteiger partial charge in [-0.25, -0.2) is 13.2 Å². The molecule has 0 aliphatic heterocycles. The second-order valence-electron chi connectivity index (χ2n) is 2.66. The zero-order valence-corrected chi connectivity index (χ0v) is 8.08. The average molecular weight is 242 g/mol. The van der Waals surface area contributed by atoms with Gasteiger partial charge in [0.15, 0.2) is 11.6 Å². The third kappa shape index (κ3) is 2.04. The van der Waals surface area contributed by atoms with Crippen molar-refractivity contribution in [2.45, 2.75) is 6.92 Å². The summed E-state index contributed by atoms with van der Waals surface area (Å²) in [4.78, 5) is 10.3. The van der Waals surface area contributed by atoms with Crippen molar-refractivity contribution >= 4 is 22.7 Å². The number of nitrogens with zero attached hydrogens (tertiary/aromatic N) is 1. The monoisotopic (exact) mass is 241 g/mol. The van der Waals surface area contributed by atoms with Crippen LogP contribution in [0.15, 0.2) is 6.07 Å². The smallest absolute Gasteiger partial charge is 0.252 e. The first kappa shape index (κ1) is 11.8. The number of carbonyl (C=O) groups excluding carboxylic acids is 1. The molecule has 0 aromatic heterocycles. The van der Waals surface area contributed by atoms with Crippen LogP contribution in [0.2, 0.25) is 0 Å². The van der Waals surface area contributed by atoms with Crippen LogP contribution in [0.5, 0.6) is 0 Å². The van der Waals surface area contributed by atoms with Gasteiger partial charge in [-0.15, -0.1) is 5.12 Å². The first-order chi connectivity index (χ1) is 6.86. The van der Waals surface area contributed by atoms with Gasteiger partial charge in [0.05, 0.1) is 0 Å². The minimum atomic E-state index is -1.70. The van der Waals surface area contributed by atoms with Crippen molar-refractivity contribution in [1.82, 2.24) is 0 Å². The fraction of sp³-hybridized carbons (Fsp3) is 0.125. The molecule has 7 heteroatoms. The maximum atomic E-state index is 13.0. The van der Waals surface area contributed by atoms with Crippen molar-refractivity contribution in [2.24, 2.45) is 0 Å². The molecule has 1 aromatic carbocycles. The molecule has 0 radical (unpaired) electrons. The molecule has 0 saturated carbocycles. The summed E-state index contributed by atoms with van der Waals surface area (Å²) in [7, 11) is 0. The molecule has 0 aliphatic carbocycles. The molecular formula is C8H4ClF4NO. The van der Waals surface area contributed by atoms with E-state index in [1.807, 2.05) is 0 Å². The second-order valence-corrected chi connectivity index (χ2v) is 2.99. The molecule has 1 rings (SSSR count). The van der Waals surface area contributed by atoms with Crippen molar-refractivity contribution in [3.8, 4) is 0 Å². The van der Waals surface area contributed by atoms with E-state index in [9.17, 15) is 22.4 Å². The minimum absolute atomic E-state index is 0.341. The van der Waals surface area contributed by atoms with E-state index in [0.29, 0.717) is 6.07 Å². The quantitative estimate of drug-likeness (QED) is 0.242. The molecule has 1 aromatic rings. The third-order valence-electron chi connectivity index (χ3n) is 1.73. The molecule has 82 valence electrons. The van der Waals surface area contributed by atoms with E-state index >= 15 is 0 Å². The highest BCUT2D eigenvalue weighted by Crippen LogP contribution is 2.27. The van der Waals surface area contributed by atoms with Gasteiger partial charge >= 0.3 is 5.37 Å². The van der Waals surface area contributed by atoms with E-state index in [-0.39, 0.29) is 0 Å². The second kappa shape index (κ2) is 4.06. The third-order valence-corrected chi connectivity index (χ3v) is 1.88. The maximum absolute atomic E-state index is 13.0. The Morgan fingerprint density at radius 3 is 2.33 bits per heavy atom. The Morgan fingerprint density at radius 1 is 1.33 bits per heavy atom. The van der Waals surface area contributed by atoms with Gasteiger partial charge in [0.25, 0.3) is 0 Å². The lowest BCUT2D eigenvalue weighted by molar-refractivity contribution is 0.252. The van der Waals surface area contributed by atoms with Gasteiger partial charge in [0.2, 0.25) is 0 Å². The van der Waals surface area contributed by atoms with Crippen LogP contribution in [0.25, 0.3) is 0 Å². The summed E-state index contributed by atoms with van der Waals surface area (Å²) in [5.41, 5.74) is -1.80. The molecule has 0 fully saturated rings. The number of hydrogen-bond acceptors (Lipinski definition) is 1. The normalized spacial score (nSPS) is 10.3. The highest BCUT2D eigenvalue weighted by atomic mass is 35.5. The van der Waals surface area contributed by atoms with Gasteiger partial charge in [0.1, 0.15) is 11.5 Å². The van der Waals surface area contributed by atoms with Crippen molar-refractivity contribution in [2.75, 3.05) is 5.12 Å². The van der Waals surface area contributed by atoms with Gasteiger partial charge in [0, 0.05) is 11.6 Å². The van der Waals surface area contributed by atoms with E-state index in [4.69, 9.17) is 0 Å². The van der Waals surface area contributed by atoms with Crippen LogP contribution in [0.3, 0.4) is 0 Å². The average Bonchev–Trinajstić information content (AvgIpc) is 2.19. The lowest BCUT2D eigenvalue weighted by atomic mass is 10.2. The Kier molecular flexibility index (Phi) is 3.18. The van der Waals surface area contributed by atoms with Crippen LogP contribution in [0.4, 0.5) is 28.1 Å². The van der Waals surface area contributed by atoms with E-state index in [2.05, 4.69) is 11.6 Å². The predicted molar refractivity (Wildman–Crippen MR) is 45.9 cm³/mol. The molecule has 0 N–H and O–H groups in total. The molecule has 15 heavy (non-hydrogen) atoms. The van der Waals surface area contributed by atoms with Crippen LogP contribution in [0.1, 0.15) is 5.56 Å². The molecule has 0 aliphatic rings. The van der Waals surface area contributed by atoms with E-state index in [1.165, 1.54) is 0 Å². The molecule has 2 nitrogen and oxygen atoms in total. The van der Waals surface area contributed by atoms with E-state index in [1.54, 1.807) is 0 Å². The number of carbonyl (C=O) groups is 1. The summed E-state index contributed by atoms with van der Waals surface area (Å²) in [6.07, 6.45) is 0. The number of benzene rings is 1. The Bertz CT molecular complexity index is 424. The van der Waals surface area contributed by atoms with Gasteiger partial charge in [-0.2, -0.15) is 0 Å². The summed E-state index contributed by atoms with van der Waals surface area (Å²) in [5.74, 6) is -4.42. The van der Waals surface area contributed by atoms with Crippen molar-refractivity contribution in [1.29, 1.82) is 0 Å². The summed E-state index contributed by atoms with van der Waals surface area (Å²) in [6.45, 7) is 0.975. The summed E-state index contributed by atoms with van der Waals surface area (Å²) in [6, 6.07) is 0.341. The van der Waals surface area contributed by atoms with Crippen LogP contribution in [-0.2, 0) is 0 Å². The Balaban J connectivity index is 3.38. The lowest BCUT2D eigenvalue weighted by Gasteiger charge is -2.11. The number of hydrogen-bond donors (Lipinski definition) is 0. The Labute approximate surface area is 87.0 Å². The minimum Gasteiger partial charge on any atom is -0.252 e. The zero-order valence-electron chi connectivity index (χ0n) is 7.32. The van der Waals surface area contributed by atoms with Crippen LogP contribution >= 0.6 is 11.6 Å². The SMILES string of the molecule is Cc1c(F)cc(N(F)C(=O)Cl)c(F)c1F. The summed E-state index contributed by atoms with van der Waals surface area (Å²) < 4.78 is 51.6. The lowest BCUT2D eigenvalue weighted by Crippen LogP contribution is -2.17. The van der Waals surface area contributed by atoms with Gasteiger partial charge in [-0.05, 0) is 18.5 Å². The first-order valence-corrected chi connectivity index (χ1v) is 4.03. The van der Waals surface area contributed by atoms with Gasteiger partial charge in [-0.1, -0.05) is 4.48 Å². The molecule has 1 amide bonds. The maximum Gasteiger partial charge on any atom is 0.349 e. The van der Waals surface area contributed by atoms with Crippen molar-refractivity contribution < 1.29 is 22.4 Å². The number of anilines is 1. The van der Waals surface area contributed by atoms with Crippen molar-refractivity contribution in [3.05, 3.63) is 29.1 Å². The van der Waals surface area contributed by atoms with Crippen LogP contribution < -0.4 is 5.12 Å². The predicted octanol–water partition coefficient (Wildman–Crippen LogP) is 3.46. The van der Waals surface area contributed by atoms with Crippen LogP contribution in [0, 0.1) is 24.4 Å². The molecular weight excluding hydrogens is 238 g/mol. The van der Waals surface area contributed by atoms with Gasteiger partial charge in [-0.3, -0.25) is 4.79 Å².